The maximum Gasteiger partial charge on any atom is 0.318 e. The zero-order valence-corrected chi connectivity index (χ0v) is 17.6. The van der Waals surface area contributed by atoms with Gasteiger partial charge >= 0.3 is 5.97 Å². The van der Waals surface area contributed by atoms with Crippen LogP contribution in [0.3, 0.4) is 0 Å². The average molecular weight is 408 g/mol. The van der Waals surface area contributed by atoms with Crippen LogP contribution in [0.5, 0.6) is 11.5 Å². The number of likely N-dealkylation sites (N-methyl/N-ethyl adjacent to an activating group) is 1. The first-order valence-corrected chi connectivity index (χ1v) is 10.5. The molecule has 6 heteroatoms. The van der Waals surface area contributed by atoms with Crippen molar-refractivity contribution in [3.05, 3.63) is 59.2 Å². The van der Waals surface area contributed by atoms with Crippen molar-refractivity contribution in [3.63, 3.8) is 0 Å². The molecule has 0 spiro atoms. The van der Waals surface area contributed by atoms with Gasteiger partial charge in [-0.3, -0.25) is 9.59 Å². The number of amides is 1. The standard InChI is InChI=1S/C24H28N2O4/c1-25-12-14-26(15-13-25)23(27)18-7-9-19(10-8-18)30-24(28)21-5-3-4-17-6-11-20(29-2)16-22(17)21/h6-11,16,21H,3-5,12-15H2,1-2H3. The summed E-state index contributed by atoms with van der Waals surface area (Å²) < 4.78 is 11.0. The molecule has 0 bridgehead atoms. The molecule has 1 atom stereocenters. The Hall–Kier alpha value is -2.86. The lowest BCUT2D eigenvalue weighted by Crippen LogP contribution is -2.47. The smallest absolute Gasteiger partial charge is 0.318 e. The first-order chi connectivity index (χ1) is 14.5. The molecule has 2 aromatic rings. The van der Waals surface area contributed by atoms with Crippen molar-refractivity contribution < 1.29 is 19.1 Å². The molecule has 158 valence electrons. The summed E-state index contributed by atoms with van der Waals surface area (Å²) in [5, 5.41) is 0. The third-order valence-corrected chi connectivity index (χ3v) is 6.06. The fraction of sp³-hybridized carbons (Fsp3) is 0.417. The number of carbonyl (C=O) groups excluding carboxylic acids is 2. The number of nitrogens with zero attached hydrogens (tertiary/aromatic N) is 2. The molecule has 0 N–H and O–H groups in total. The van der Waals surface area contributed by atoms with Crippen LogP contribution in [0, 0.1) is 0 Å². The Morgan fingerprint density at radius 3 is 2.37 bits per heavy atom. The highest BCUT2D eigenvalue weighted by Gasteiger charge is 2.29. The number of ether oxygens (including phenoxy) is 2. The Labute approximate surface area is 177 Å². The number of esters is 1. The van der Waals surface area contributed by atoms with Gasteiger partial charge in [0.05, 0.1) is 13.0 Å². The van der Waals surface area contributed by atoms with Crippen molar-refractivity contribution in [2.24, 2.45) is 0 Å². The Morgan fingerprint density at radius 2 is 1.67 bits per heavy atom. The summed E-state index contributed by atoms with van der Waals surface area (Å²) in [6.07, 6.45) is 2.68. The lowest BCUT2D eigenvalue weighted by molar-refractivity contribution is -0.136. The number of fused-ring (bicyclic) bond motifs is 1. The van der Waals surface area contributed by atoms with E-state index < -0.39 is 0 Å². The summed E-state index contributed by atoms with van der Waals surface area (Å²) >= 11 is 0. The molecule has 2 aliphatic rings. The second-order valence-corrected chi connectivity index (χ2v) is 8.05. The quantitative estimate of drug-likeness (QED) is 0.575. The van der Waals surface area contributed by atoms with E-state index in [1.165, 1.54) is 5.56 Å². The maximum absolute atomic E-state index is 12.9. The second kappa shape index (κ2) is 8.88. The Kier molecular flexibility index (Phi) is 6.04. The lowest BCUT2D eigenvalue weighted by atomic mass is 9.83. The van der Waals surface area contributed by atoms with Gasteiger partial charge in [-0.25, -0.2) is 0 Å². The molecule has 1 heterocycles. The largest absolute Gasteiger partial charge is 0.497 e. The van der Waals surface area contributed by atoms with Crippen molar-refractivity contribution in [2.45, 2.75) is 25.2 Å². The minimum atomic E-state index is -0.296. The van der Waals surface area contributed by atoms with Gasteiger partial charge in [0.25, 0.3) is 5.91 Å². The van der Waals surface area contributed by atoms with Crippen LogP contribution in [0.15, 0.2) is 42.5 Å². The average Bonchev–Trinajstić information content (AvgIpc) is 2.78. The summed E-state index contributed by atoms with van der Waals surface area (Å²) in [5.41, 5.74) is 2.79. The van der Waals surface area contributed by atoms with E-state index in [0.29, 0.717) is 11.3 Å². The molecular weight excluding hydrogens is 380 g/mol. The molecule has 6 nitrogen and oxygen atoms in total. The summed E-state index contributed by atoms with van der Waals surface area (Å²) in [6, 6.07) is 12.8. The molecular formula is C24H28N2O4. The Morgan fingerprint density at radius 1 is 0.967 bits per heavy atom. The highest BCUT2D eigenvalue weighted by atomic mass is 16.5. The molecule has 4 rings (SSSR count). The molecule has 0 aromatic heterocycles. The van der Waals surface area contributed by atoms with Crippen LogP contribution >= 0.6 is 0 Å². The van der Waals surface area contributed by atoms with Crippen LogP contribution in [0.4, 0.5) is 0 Å². The predicted octanol–water partition coefficient (Wildman–Crippen LogP) is 3.11. The minimum absolute atomic E-state index is 0.0225. The number of rotatable bonds is 4. The van der Waals surface area contributed by atoms with Crippen molar-refractivity contribution in [1.82, 2.24) is 9.80 Å². The van der Waals surface area contributed by atoms with Crippen molar-refractivity contribution in [3.8, 4) is 11.5 Å². The predicted molar refractivity (Wildman–Crippen MR) is 114 cm³/mol. The summed E-state index contributed by atoms with van der Waals surface area (Å²) in [5.74, 6) is 0.678. The minimum Gasteiger partial charge on any atom is -0.497 e. The van der Waals surface area contributed by atoms with Gasteiger partial charge < -0.3 is 19.3 Å². The summed E-state index contributed by atoms with van der Waals surface area (Å²) in [4.78, 5) is 29.6. The molecule has 1 fully saturated rings. The summed E-state index contributed by atoms with van der Waals surface area (Å²) in [6.45, 7) is 3.23. The number of hydrogen-bond donors (Lipinski definition) is 0. The Bertz CT molecular complexity index is 917. The van der Waals surface area contributed by atoms with Crippen molar-refractivity contribution >= 4 is 11.9 Å². The van der Waals surface area contributed by atoms with Crippen LogP contribution in [0.1, 0.15) is 40.2 Å². The van der Waals surface area contributed by atoms with Gasteiger partial charge in [0.15, 0.2) is 0 Å². The summed E-state index contributed by atoms with van der Waals surface area (Å²) in [7, 11) is 3.69. The number of benzene rings is 2. The maximum atomic E-state index is 12.9. The SMILES string of the molecule is COc1ccc2c(c1)C(C(=O)Oc1ccc(C(=O)N3CCN(C)CC3)cc1)CCC2. The van der Waals surface area contributed by atoms with E-state index in [2.05, 4.69) is 11.9 Å². The molecule has 30 heavy (non-hydrogen) atoms. The highest BCUT2D eigenvalue weighted by Crippen LogP contribution is 2.35. The van der Waals surface area contributed by atoms with Crippen LogP contribution in [-0.2, 0) is 11.2 Å². The number of carbonyl (C=O) groups is 2. The lowest BCUT2D eigenvalue weighted by Gasteiger charge is -2.32. The molecule has 1 saturated heterocycles. The monoisotopic (exact) mass is 408 g/mol. The molecule has 1 aliphatic carbocycles. The molecule has 1 aliphatic heterocycles. The van der Waals surface area contributed by atoms with Gasteiger partial charge in [-0.2, -0.15) is 0 Å². The molecule has 1 amide bonds. The van der Waals surface area contributed by atoms with E-state index >= 15 is 0 Å². The van der Waals surface area contributed by atoms with Gasteiger partial charge in [0.1, 0.15) is 11.5 Å². The van der Waals surface area contributed by atoms with E-state index in [0.717, 1.165) is 56.8 Å². The van der Waals surface area contributed by atoms with Crippen LogP contribution in [0.2, 0.25) is 0 Å². The van der Waals surface area contributed by atoms with E-state index in [4.69, 9.17) is 9.47 Å². The zero-order valence-electron chi connectivity index (χ0n) is 17.6. The third kappa shape index (κ3) is 4.33. The molecule has 0 saturated carbocycles. The fourth-order valence-corrected chi connectivity index (χ4v) is 4.19. The topological polar surface area (TPSA) is 59.1 Å². The number of aryl methyl sites for hydroxylation is 1. The van der Waals surface area contributed by atoms with Gasteiger partial charge in [-0.15, -0.1) is 0 Å². The molecule has 2 aromatic carbocycles. The highest BCUT2D eigenvalue weighted by molar-refractivity contribution is 5.94. The number of methoxy groups -OCH3 is 1. The van der Waals surface area contributed by atoms with E-state index in [9.17, 15) is 9.59 Å². The number of hydrogen-bond acceptors (Lipinski definition) is 5. The van der Waals surface area contributed by atoms with Gasteiger partial charge in [-0.1, -0.05) is 6.07 Å². The van der Waals surface area contributed by atoms with E-state index in [-0.39, 0.29) is 17.8 Å². The normalized spacial score (nSPS) is 19.1. The van der Waals surface area contributed by atoms with Crippen molar-refractivity contribution in [2.75, 3.05) is 40.3 Å². The fourth-order valence-electron chi connectivity index (χ4n) is 4.19. The third-order valence-electron chi connectivity index (χ3n) is 6.06. The first kappa shape index (κ1) is 20.4. The second-order valence-electron chi connectivity index (χ2n) is 8.05. The molecule has 0 radical (unpaired) electrons. The Balaban J connectivity index is 1.43. The first-order valence-electron chi connectivity index (χ1n) is 10.5. The zero-order chi connectivity index (χ0) is 21.1. The van der Waals surface area contributed by atoms with Crippen molar-refractivity contribution in [1.29, 1.82) is 0 Å². The van der Waals surface area contributed by atoms with E-state index in [1.807, 2.05) is 23.1 Å². The number of piperazine rings is 1. The molecule has 1 unspecified atom stereocenters. The van der Waals surface area contributed by atoms with Gasteiger partial charge in [0, 0.05) is 31.7 Å². The van der Waals surface area contributed by atoms with Crippen LogP contribution in [-0.4, -0.2) is 62.0 Å². The van der Waals surface area contributed by atoms with Gasteiger partial charge in [0.2, 0.25) is 0 Å². The van der Waals surface area contributed by atoms with E-state index in [1.54, 1.807) is 31.4 Å². The van der Waals surface area contributed by atoms with Crippen LogP contribution < -0.4 is 9.47 Å². The van der Waals surface area contributed by atoms with Gasteiger partial charge in [-0.05, 0) is 73.8 Å². The van der Waals surface area contributed by atoms with Crippen LogP contribution in [0.25, 0.3) is 0 Å².